The minimum absolute atomic E-state index is 0.111. The maximum Gasteiger partial charge on any atom is 0.254 e. The summed E-state index contributed by atoms with van der Waals surface area (Å²) in [6.45, 7) is 0.273. The lowest BCUT2D eigenvalue weighted by Crippen LogP contribution is -2.28. The lowest BCUT2D eigenvalue weighted by molar-refractivity contribution is -0.122. The van der Waals surface area contributed by atoms with Gasteiger partial charge in [-0.2, -0.15) is 0 Å². The molecule has 0 aromatic heterocycles. The number of hydrogen-bond donors (Lipinski definition) is 1. The molecule has 1 saturated heterocycles. The summed E-state index contributed by atoms with van der Waals surface area (Å²) in [6.07, 6.45) is 0.111. The molecule has 3 rings (SSSR count). The Morgan fingerprint density at radius 3 is 2.66 bits per heavy atom. The minimum Gasteiger partial charge on any atom is -0.497 e. The first-order chi connectivity index (χ1) is 13.8. The van der Waals surface area contributed by atoms with Crippen molar-refractivity contribution in [2.45, 2.75) is 6.42 Å². The van der Waals surface area contributed by atoms with E-state index in [1.807, 2.05) is 0 Å². The Bertz CT molecular complexity index is 961. The van der Waals surface area contributed by atoms with Crippen LogP contribution in [0, 0.1) is 5.92 Å². The van der Waals surface area contributed by atoms with Crippen LogP contribution in [0.25, 0.3) is 0 Å². The Morgan fingerprint density at radius 2 is 1.97 bits per heavy atom. The molecule has 1 heterocycles. The topological polar surface area (TPSA) is 79.0 Å². The number of anilines is 2. The summed E-state index contributed by atoms with van der Waals surface area (Å²) >= 11 is 6.11. The number of amides is 3. The minimum atomic E-state index is -0.502. The van der Waals surface area contributed by atoms with Gasteiger partial charge in [0, 0.05) is 44.5 Å². The highest BCUT2D eigenvalue weighted by molar-refractivity contribution is 6.34. The van der Waals surface area contributed by atoms with Gasteiger partial charge in [0.25, 0.3) is 5.91 Å². The van der Waals surface area contributed by atoms with Crippen LogP contribution < -0.4 is 15.0 Å². The zero-order valence-corrected chi connectivity index (χ0v) is 17.2. The number of nitrogens with one attached hydrogen (secondary N) is 1. The second-order valence-corrected chi connectivity index (χ2v) is 7.40. The van der Waals surface area contributed by atoms with E-state index in [0.717, 1.165) is 0 Å². The first-order valence-electron chi connectivity index (χ1n) is 9.06. The molecule has 1 unspecified atom stereocenters. The SMILES string of the molecule is COc1cccc(N2CC(C(=O)Nc3ccc(Cl)c(C(=O)N(C)C)c3)CC2=O)c1. The van der Waals surface area contributed by atoms with Crippen LogP contribution in [0.15, 0.2) is 42.5 Å². The Labute approximate surface area is 174 Å². The van der Waals surface area contributed by atoms with E-state index in [1.54, 1.807) is 68.6 Å². The molecule has 2 aromatic rings. The third-order valence-corrected chi connectivity index (χ3v) is 5.06. The summed E-state index contributed by atoms with van der Waals surface area (Å²) in [4.78, 5) is 40.4. The van der Waals surface area contributed by atoms with Crippen molar-refractivity contribution < 1.29 is 19.1 Å². The predicted molar refractivity (Wildman–Crippen MR) is 112 cm³/mol. The van der Waals surface area contributed by atoms with Crippen LogP contribution in [-0.2, 0) is 9.59 Å². The van der Waals surface area contributed by atoms with Gasteiger partial charge in [0.05, 0.1) is 23.6 Å². The van der Waals surface area contributed by atoms with Gasteiger partial charge in [0.1, 0.15) is 5.75 Å². The van der Waals surface area contributed by atoms with Crippen LogP contribution >= 0.6 is 11.6 Å². The van der Waals surface area contributed by atoms with Crippen LogP contribution in [0.3, 0.4) is 0 Å². The molecule has 0 saturated carbocycles. The smallest absolute Gasteiger partial charge is 0.254 e. The maximum atomic E-state index is 12.7. The molecular formula is C21H22ClN3O4. The highest BCUT2D eigenvalue weighted by Gasteiger charge is 2.35. The van der Waals surface area contributed by atoms with Gasteiger partial charge in [0.15, 0.2) is 0 Å². The Morgan fingerprint density at radius 1 is 1.21 bits per heavy atom. The zero-order chi connectivity index (χ0) is 21.1. The van der Waals surface area contributed by atoms with E-state index >= 15 is 0 Å². The fourth-order valence-electron chi connectivity index (χ4n) is 3.16. The van der Waals surface area contributed by atoms with Gasteiger partial charge in [-0.15, -0.1) is 0 Å². The van der Waals surface area contributed by atoms with Crippen molar-refractivity contribution in [1.29, 1.82) is 0 Å². The summed E-state index contributed by atoms with van der Waals surface area (Å²) < 4.78 is 5.20. The summed E-state index contributed by atoms with van der Waals surface area (Å²) in [6, 6.07) is 11.9. The van der Waals surface area contributed by atoms with Gasteiger partial charge in [0.2, 0.25) is 11.8 Å². The number of ether oxygens (including phenoxy) is 1. The molecule has 1 aliphatic heterocycles. The van der Waals surface area contributed by atoms with Gasteiger partial charge in [-0.05, 0) is 30.3 Å². The molecule has 1 aliphatic rings. The number of hydrogen-bond acceptors (Lipinski definition) is 4. The van der Waals surface area contributed by atoms with E-state index in [9.17, 15) is 14.4 Å². The van der Waals surface area contributed by atoms with Crippen molar-refractivity contribution in [3.63, 3.8) is 0 Å². The zero-order valence-electron chi connectivity index (χ0n) is 16.4. The predicted octanol–water partition coefficient (Wildman–Crippen LogP) is 3.04. The van der Waals surface area contributed by atoms with E-state index in [4.69, 9.17) is 16.3 Å². The lowest BCUT2D eigenvalue weighted by Gasteiger charge is -2.17. The molecule has 0 radical (unpaired) electrons. The molecule has 1 fully saturated rings. The van der Waals surface area contributed by atoms with Crippen molar-refractivity contribution in [2.24, 2.45) is 5.92 Å². The van der Waals surface area contributed by atoms with Gasteiger partial charge < -0.3 is 19.9 Å². The standard InChI is InChI=1S/C21H22ClN3O4/c1-24(2)21(28)17-10-14(7-8-18(17)22)23-20(27)13-9-19(26)25(12-13)15-5-4-6-16(11-15)29-3/h4-8,10-11,13H,9,12H2,1-3H3,(H,23,27). The largest absolute Gasteiger partial charge is 0.497 e. The third kappa shape index (κ3) is 4.51. The Kier molecular flexibility index (Phi) is 6.08. The molecule has 0 bridgehead atoms. The highest BCUT2D eigenvalue weighted by Crippen LogP contribution is 2.29. The molecule has 152 valence electrons. The average Bonchev–Trinajstić information content (AvgIpc) is 3.10. The number of benzene rings is 2. The van der Waals surface area contributed by atoms with Crippen LogP contribution in [0.1, 0.15) is 16.8 Å². The number of halogens is 1. The van der Waals surface area contributed by atoms with Crippen molar-refractivity contribution in [2.75, 3.05) is 38.0 Å². The molecule has 3 amide bonds. The van der Waals surface area contributed by atoms with Crippen molar-refractivity contribution in [1.82, 2.24) is 4.90 Å². The van der Waals surface area contributed by atoms with Crippen LogP contribution in [0.4, 0.5) is 11.4 Å². The molecule has 1 N–H and O–H groups in total. The first-order valence-corrected chi connectivity index (χ1v) is 9.44. The molecule has 29 heavy (non-hydrogen) atoms. The molecule has 0 aliphatic carbocycles. The number of nitrogens with zero attached hydrogens (tertiary/aromatic N) is 2. The third-order valence-electron chi connectivity index (χ3n) is 4.73. The Hall–Kier alpha value is -3.06. The normalized spacial score (nSPS) is 15.9. The van der Waals surface area contributed by atoms with E-state index < -0.39 is 5.92 Å². The van der Waals surface area contributed by atoms with Crippen molar-refractivity contribution >= 4 is 40.7 Å². The Balaban J connectivity index is 1.73. The van der Waals surface area contributed by atoms with Crippen LogP contribution in [-0.4, -0.2) is 50.4 Å². The van der Waals surface area contributed by atoms with Gasteiger partial charge in [-0.25, -0.2) is 0 Å². The molecular weight excluding hydrogens is 394 g/mol. The summed E-state index contributed by atoms with van der Waals surface area (Å²) in [5.74, 6) is -0.529. The van der Waals surface area contributed by atoms with Crippen LogP contribution in [0.2, 0.25) is 5.02 Å². The van der Waals surface area contributed by atoms with Crippen LogP contribution in [0.5, 0.6) is 5.75 Å². The fourth-order valence-corrected chi connectivity index (χ4v) is 3.36. The molecule has 0 spiro atoms. The van der Waals surface area contributed by atoms with Crippen molar-refractivity contribution in [3.05, 3.63) is 53.1 Å². The summed E-state index contributed by atoms with van der Waals surface area (Å²) in [7, 11) is 4.81. The van der Waals surface area contributed by atoms with Gasteiger partial charge >= 0.3 is 0 Å². The maximum absolute atomic E-state index is 12.7. The average molecular weight is 416 g/mol. The lowest BCUT2D eigenvalue weighted by atomic mass is 10.1. The second kappa shape index (κ2) is 8.53. The van der Waals surface area contributed by atoms with Gasteiger partial charge in [-0.3, -0.25) is 14.4 Å². The molecule has 2 aromatic carbocycles. The number of methoxy groups -OCH3 is 1. The first kappa shape index (κ1) is 20.7. The van der Waals surface area contributed by atoms with Crippen molar-refractivity contribution in [3.8, 4) is 5.75 Å². The van der Waals surface area contributed by atoms with E-state index in [1.165, 1.54) is 4.90 Å². The quantitative estimate of drug-likeness (QED) is 0.814. The summed E-state index contributed by atoms with van der Waals surface area (Å²) in [5, 5.41) is 3.10. The molecule has 1 atom stereocenters. The number of carbonyl (C=O) groups excluding carboxylic acids is 3. The van der Waals surface area contributed by atoms with E-state index in [-0.39, 0.29) is 30.7 Å². The molecule has 8 heteroatoms. The summed E-state index contributed by atoms with van der Waals surface area (Å²) in [5.41, 5.74) is 1.45. The second-order valence-electron chi connectivity index (χ2n) is 6.99. The number of rotatable bonds is 5. The van der Waals surface area contributed by atoms with E-state index in [0.29, 0.717) is 27.7 Å². The van der Waals surface area contributed by atoms with Gasteiger partial charge in [-0.1, -0.05) is 17.7 Å². The monoisotopic (exact) mass is 415 g/mol. The number of carbonyl (C=O) groups is 3. The molecule has 7 nitrogen and oxygen atoms in total. The highest BCUT2D eigenvalue weighted by atomic mass is 35.5. The van der Waals surface area contributed by atoms with E-state index in [2.05, 4.69) is 5.32 Å². The fraction of sp³-hybridized carbons (Fsp3) is 0.286.